The first-order valence-electron chi connectivity index (χ1n) is 10.7. The molecule has 0 bridgehead atoms. The standard InChI is InChI=1S/C25H24BrN3O2S2/c1-25(2,3)15-6-9-17-18(13-27)23(33-21(17)12-15)29-24(32)28-22(30)20-11-10-19(31-20)14-4-7-16(26)8-5-14/h4-5,7-8,10-11,15H,6,9,12H2,1-3H3,(H2,28,29,30,32)/t15-/m0/s1. The van der Waals surface area contributed by atoms with Gasteiger partial charge in [-0.05, 0) is 72.6 Å². The number of anilines is 1. The van der Waals surface area contributed by atoms with E-state index >= 15 is 0 Å². The maximum atomic E-state index is 12.6. The minimum Gasteiger partial charge on any atom is -0.451 e. The summed E-state index contributed by atoms with van der Waals surface area (Å²) in [6.45, 7) is 6.80. The van der Waals surface area contributed by atoms with E-state index in [0.717, 1.165) is 34.9 Å². The summed E-state index contributed by atoms with van der Waals surface area (Å²) in [7, 11) is 0. The van der Waals surface area contributed by atoms with Crippen LogP contribution in [0, 0.1) is 22.7 Å². The number of thiocarbonyl (C=S) groups is 1. The Morgan fingerprint density at radius 2 is 1.97 bits per heavy atom. The molecule has 170 valence electrons. The Hall–Kier alpha value is -2.47. The van der Waals surface area contributed by atoms with Crippen molar-refractivity contribution in [1.29, 1.82) is 5.26 Å². The lowest BCUT2D eigenvalue weighted by Gasteiger charge is -2.33. The molecule has 0 unspecified atom stereocenters. The number of benzene rings is 1. The van der Waals surface area contributed by atoms with Crippen LogP contribution >= 0.6 is 39.5 Å². The van der Waals surface area contributed by atoms with Gasteiger partial charge in [0.1, 0.15) is 16.8 Å². The van der Waals surface area contributed by atoms with Crippen molar-refractivity contribution < 1.29 is 9.21 Å². The predicted molar refractivity (Wildman–Crippen MR) is 140 cm³/mol. The molecule has 3 aromatic rings. The zero-order chi connectivity index (χ0) is 23.8. The number of nitrogens with one attached hydrogen (secondary N) is 2. The first kappa shape index (κ1) is 23.7. The van der Waals surface area contributed by atoms with Gasteiger partial charge in [-0.25, -0.2) is 0 Å². The molecule has 4 rings (SSSR count). The molecule has 5 nitrogen and oxygen atoms in total. The van der Waals surface area contributed by atoms with Crippen molar-refractivity contribution in [2.24, 2.45) is 11.3 Å². The molecule has 0 saturated heterocycles. The lowest BCUT2D eigenvalue weighted by molar-refractivity contribution is 0.0951. The minimum absolute atomic E-state index is 0.143. The second kappa shape index (κ2) is 9.41. The summed E-state index contributed by atoms with van der Waals surface area (Å²) in [5.41, 5.74) is 2.84. The molecule has 0 spiro atoms. The number of carbonyl (C=O) groups excluding carboxylic acids is 1. The van der Waals surface area contributed by atoms with E-state index in [-0.39, 0.29) is 16.3 Å². The van der Waals surface area contributed by atoms with Crippen molar-refractivity contribution in [1.82, 2.24) is 5.32 Å². The van der Waals surface area contributed by atoms with Crippen molar-refractivity contribution in [3.63, 3.8) is 0 Å². The van der Waals surface area contributed by atoms with Crippen LogP contribution in [0.1, 0.15) is 53.8 Å². The number of nitriles is 1. The van der Waals surface area contributed by atoms with Crippen LogP contribution in [0.4, 0.5) is 5.00 Å². The molecular formula is C25H24BrN3O2S2. The molecule has 33 heavy (non-hydrogen) atoms. The summed E-state index contributed by atoms with van der Waals surface area (Å²) in [5, 5.41) is 16.3. The molecule has 8 heteroatoms. The zero-order valence-electron chi connectivity index (χ0n) is 18.6. The number of rotatable bonds is 3. The van der Waals surface area contributed by atoms with Crippen LogP contribution in [0.2, 0.25) is 0 Å². The Morgan fingerprint density at radius 1 is 1.24 bits per heavy atom. The van der Waals surface area contributed by atoms with Crippen molar-refractivity contribution >= 4 is 55.5 Å². The number of amides is 1. The maximum Gasteiger partial charge on any atom is 0.293 e. The van der Waals surface area contributed by atoms with E-state index < -0.39 is 5.91 Å². The average molecular weight is 543 g/mol. The second-order valence-electron chi connectivity index (χ2n) is 9.20. The van der Waals surface area contributed by atoms with Crippen LogP contribution in [0.15, 0.2) is 45.3 Å². The number of nitrogens with zero attached hydrogens (tertiary/aromatic N) is 1. The predicted octanol–water partition coefficient (Wildman–Crippen LogP) is 6.92. The number of thiophene rings is 1. The molecule has 0 fully saturated rings. The molecule has 0 radical (unpaired) electrons. The molecular weight excluding hydrogens is 518 g/mol. The molecule has 0 saturated carbocycles. The fourth-order valence-corrected chi connectivity index (χ4v) is 5.87. The van der Waals surface area contributed by atoms with E-state index in [9.17, 15) is 10.1 Å². The number of carbonyl (C=O) groups is 1. The number of furan rings is 1. The summed E-state index contributed by atoms with van der Waals surface area (Å²) in [4.78, 5) is 13.9. The van der Waals surface area contributed by atoms with Gasteiger partial charge < -0.3 is 9.73 Å². The average Bonchev–Trinajstić information content (AvgIpc) is 3.37. The van der Waals surface area contributed by atoms with Gasteiger partial charge in [-0.15, -0.1) is 11.3 Å². The normalized spacial score (nSPS) is 15.4. The van der Waals surface area contributed by atoms with Crippen molar-refractivity contribution in [2.45, 2.75) is 40.0 Å². The molecule has 2 aromatic heterocycles. The lowest BCUT2D eigenvalue weighted by Crippen LogP contribution is -2.33. The molecule has 1 aliphatic carbocycles. The summed E-state index contributed by atoms with van der Waals surface area (Å²) < 4.78 is 6.68. The smallest absolute Gasteiger partial charge is 0.293 e. The van der Waals surface area contributed by atoms with Crippen molar-refractivity contribution in [3.05, 3.63) is 62.6 Å². The van der Waals surface area contributed by atoms with E-state index in [1.54, 1.807) is 23.5 Å². The minimum atomic E-state index is -0.441. The SMILES string of the molecule is CC(C)(C)[C@H]1CCc2c(sc(NC(=S)NC(=O)c3ccc(-c4ccc(Br)cc4)o3)c2C#N)C1. The first-order valence-corrected chi connectivity index (χ1v) is 12.7. The van der Waals surface area contributed by atoms with Crippen LogP contribution in [-0.4, -0.2) is 11.0 Å². The Balaban J connectivity index is 1.44. The van der Waals surface area contributed by atoms with E-state index in [2.05, 4.69) is 53.4 Å². The van der Waals surface area contributed by atoms with Gasteiger partial charge in [0, 0.05) is 14.9 Å². The topological polar surface area (TPSA) is 78.1 Å². The summed E-state index contributed by atoms with van der Waals surface area (Å²) >= 11 is 10.3. The first-order chi connectivity index (χ1) is 15.7. The summed E-state index contributed by atoms with van der Waals surface area (Å²) in [5.74, 6) is 0.894. The second-order valence-corrected chi connectivity index (χ2v) is 11.6. The molecule has 2 heterocycles. The van der Waals surface area contributed by atoms with E-state index in [4.69, 9.17) is 16.6 Å². The van der Waals surface area contributed by atoms with Gasteiger partial charge in [-0.3, -0.25) is 10.1 Å². The zero-order valence-corrected chi connectivity index (χ0v) is 21.8. The lowest BCUT2D eigenvalue weighted by atomic mass is 9.72. The van der Waals surface area contributed by atoms with E-state index in [1.807, 2.05) is 24.3 Å². The summed E-state index contributed by atoms with van der Waals surface area (Å²) in [6.07, 6.45) is 2.93. The largest absolute Gasteiger partial charge is 0.451 e. The molecule has 1 atom stereocenters. The number of hydrogen-bond acceptors (Lipinski definition) is 5. The Morgan fingerprint density at radius 3 is 2.64 bits per heavy atom. The van der Waals surface area contributed by atoms with Gasteiger partial charge in [0.25, 0.3) is 5.91 Å². The van der Waals surface area contributed by atoms with Crippen LogP contribution in [0.5, 0.6) is 0 Å². The third kappa shape index (κ3) is 5.21. The third-order valence-corrected chi connectivity index (χ3v) is 7.92. The van der Waals surface area contributed by atoms with Gasteiger partial charge >= 0.3 is 0 Å². The number of halogens is 1. The maximum absolute atomic E-state index is 12.6. The molecule has 1 amide bonds. The summed E-state index contributed by atoms with van der Waals surface area (Å²) in [6, 6.07) is 13.3. The number of hydrogen-bond donors (Lipinski definition) is 2. The highest BCUT2D eigenvalue weighted by molar-refractivity contribution is 9.10. The Labute approximate surface area is 211 Å². The fraction of sp³-hybridized carbons (Fsp3) is 0.320. The van der Waals surface area contributed by atoms with Crippen LogP contribution in [0.25, 0.3) is 11.3 Å². The quantitative estimate of drug-likeness (QED) is 0.352. The highest BCUT2D eigenvalue weighted by Gasteiger charge is 2.32. The Bertz CT molecular complexity index is 1250. The van der Waals surface area contributed by atoms with Crippen LogP contribution in [-0.2, 0) is 12.8 Å². The van der Waals surface area contributed by atoms with Gasteiger partial charge in [0.2, 0.25) is 0 Å². The van der Waals surface area contributed by atoms with Crippen molar-refractivity contribution in [2.75, 3.05) is 5.32 Å². The van der Waals surface area contributed by atoms with Gasteiger partial charge in [0.05, 0.1) is 5.56 Å². The van der Waals surface area contributed by atoms with Crippen molar-refractivity contribution in [3.8, 4) is 17.4 Å². The van der Waals surface area contributed by atoms with Gasteiger partial charge in [-0.2, -0.15) is 5.26 Å². The third-order valence-electron chi connectivity index (χ3n) is 6.01. The highest BCUT2D eigenvalue weighted by atomic mass is 79.9. The molecule has 1 aromatic carbocycles. The van der Waals surface area contributed by atoms with Gasteiger partial charge in [0.15, 0.2) is 10.9 Å². The van der Waals surface area contributed by atoms with E-state index in [0.29, 0.717) is 22.2 Å². The monoisotopic (exact) mass is 541 g/mol. The number of fused-ring (bicyclic) bond motifs is 1. The molecule has 2 N–H and O–H groups in total. The van der Waals surface area contributed by atoms with Crippen LogP contribution in [0.3, 0.4) is 0 Å². The highest BCUT2D eigenvalue weighted by Crippen LogP contribution is 2.44. The Kier molecular flexibility index (Phi) is 6.76. The fourth-order valence-electron chi connectivity index (χ4n) is 4.06. The van der Waals surface area contributed by atoms with E-state index in [1.165, 1.54) is 4.88 Å². The molecule has 0 aliphatic heterocycles. The molecule has 1 aliphatic rings. The van der Waals surface area contributed by atoms with Crippen LogP contribution < -0.4 is 10.6 Å². The van der Waals surface area contributed by atoms with Gasteiger partial charge in [-0.1, -0.05) is 48.8 Å².